The Morgan fingerprint density at radius 3 is 2.22 bits per heavy atom. The summed E-state index contributed by atoms with van der Waals surface area (Å²) in [6, 6.07) is 0. The molecule has 1 aliphatic rings. The number of hydrogen-bond acceptors (Lipinski definition) is 3. The average molecular weight is 450 g/mol. The quantitative estimate of drug-likeness (QED) is 0.243. The van der Waals surface area contributed by atoms with Crippen molar-refractivity contribution in [2.45, 2.75) is 112 Å². The van der Waals surface area contributed by atoms with Crippen molar-refractivity contribution in [3.63, 3.8) is 0 Å². The molecule has 4 heteroatoms. The molecule has 0 aromatic carbocycles. The number of nitrogens with zero attached hydrogens (tertiary/aromatic N) is 1. The first-order valence-electron chi connectivity index (χ1n) is 13.4. The van der Waals surface area contributed by atoms with Crippen LogP contribution < -0.4 is 0 Å². The summed E-state index contributed by atoms with van der Waals surface area (Å²) in [6.45, 7) is 14.6. The number of allylic oxidation sites excluding steroid dienone is 2. The second-order valence-electron chi connectivity index (χ2n) is 10.1. The zero-order valence-electron chi connectivity index (χ0n) is 21.9. The summed E-state index contributed by atoms with van der Waals surface area (Å²) in [4.78, 5) is 27.5. The molecule has 32 heavy (non-hydrogen) atoms. The monoisotopic (exact) mass is 449 g/mol. The molecular weight excluding hydrogens is 398 g/mol. The van der Waals surface area contributed by atoms with Gasteiger partial charge in [-0.2, -0.15) is 0 Å². The van der Waals surface area contributed by atoms with Crippen molar-refractivity contribution in [3.8, 4) is 0 Å². The Morgan fingerprint density at radius 2 is 1.66 bits per heavy atom. The first-order chi connectivity index (χ1) is 15.3. The molecule has 3 unspecified atom stereocenters. The second kappa shape index (κ2) is 16.5. The largest absolute Gasteiger partial charge is 0.371 e. The third-order valence-electron chi connectivity index (χ3n) is 7.18. The SMILES string of the molecule is CC/C=C/CCC(CC)C(=O)N1CCC(C(CCC)CCC(C)C(=O)COC(C)C)CC1. The number of carbonyl (C=O) groups excluding carboxylic acids is 2. The summed E-state index contributed by atoms with van der Waals surface area (Å²) >= 11 is 0. The van der Waals surface area contributed by atoms with Crippen molar-refractivity contribution < 1.29 is 14.3 Å². The highest BCUT2D eigenvalue weighted by molar-refractivity contribution is 5.81. The first kappa shape index (κ1) is 28.9. The van der Waals surface area contributed by atoms with Crippen molar-refractivity contribution >= 4 is 11.7 Å². The molecular formula is C28H51NO3. The van der Waals surface area contributed by atoms with Crippen LogP contribution in [0.3, 0.4) is 0 Å². The van der Waals surface area contributed by atoms with Gasteiger partial charge in [0.25, 0.3) is 0 Å². The van der Waals surface area contributed by atoms with Gasteiger partial charge in [0.15, 0.2) is 5.78 Å². The fourth-order valence-corrected chi connectivity index (χ4v) is 4.94. The predicted molar refractivity (Wildman–Crippen MR) is 135 cm³/mol. The molecule has 186 valence electrons. The van der Waals surface area contributed by atoms with E-state index in [0.29, 0.717) is 17.7 Å². The summed E-state index contributed by atoms with van der Waals surface area (Å²) in [5.74, 6) is 2.18. The Kier molecular flexibility index (Phi) is 14.8. The molecule has 0 spiro atoms. The summed E-state index contributed by atoms with van der Waals surface area (Å²) < 4.78 is 5.50. The van der Waals surface area contributed by atoms with E-state index in [-0.39, 0.29) is 30.3 Å². The zero-order chi connectivity index (χ0) is 23.9. The van der Waals surface area contributed by atoms with E-state index in [0.717, 1.165) is 64.5 Å². The molecule has 1 heterocycles. The molecule has 0 aliphatic carbocycles. The van der Waals surface area contributed by atoms with Crippen LogP contribution in [0.5, 0.6) is 0 Å². The van der Waals surface area contributed by atoms with Gasteiger partial charge in [-0.15, -0.1) is 0 Å². The number of ether oxygens (including phenoxy) is 1. The topological polar surface area (TPSA) is 46.6 Å². The van der Waals surface area contributed by atoms with Crippen LogP contribution in [-0.4, -0.2) is 42.4 Å². The van der Waals surface area contributed by atoms with Crippen molar-refractivity contribution in [1.82, 2.24) is 4.90 Å². The summed E-state index contributed by atoms with van der Waals surface area (Å²) in [6.07, 6.45) is 15.2. The van der Waals surface area contributed by atoms with Crippen LogP contribution >= 0.6 is 0 Å². The fourth-order valence-electron chi connectivity index (χ4n) is 4.94. The number of carbonyl (C=O) groups is 2. The van der Waals surface area contributed by atoms with Gasteiger partial charge < -0.3 is 9.64 Å². The number of likely N-dealkylation sites (tertiary alicyclic amines) is 1. The lowest BCUT2D eigenvalue weighted by molar-refractivity contribution is -0.137. The maximum atomic E-state index is 13.0. The summed E-state index contributed by atoms with van der Waals surface area (Å²) in [5.41, 5.74) is 0. The predicted octanol–water partition coefficient (Wildman–Crippen LogP) is 6.82. The van der Waals surface area contributed by atoms with Crippen molar-refractivity contribution in [2.75, 3.05) is 19.7 Å². The third kappa shape index (κ3) is 10.6. The van der Waals surface area contributed by atoms with Crippen molar-refractivity contribution in [2.24, 2.45) is 23.7 Å². The molecule has 1 rings (SSSR count). The van der Waals surface area contributed by atoms with Gasteiger partial charge in [-0.1, -0.05) is 52.7 Å². The van der Waals surface area contributed by atoms with E-state index in [1.807, 2.05) is 13.8 Å². The lowest BCUT2D eigenvalue weighted by Gasteiger charge is -2.38. The maximum absolute atomic E-state index is 13.0. The second-order valence-corrected chi connectivity index (χ2v) is 10.1. The number of rotatable bonds is 16. The number of hydrogen-bond donors (Lipinski definition) is 0. The van der Waals surface area contributed by atoms with E-state index in [2.05, 4.69) is 44.7 Å². The van der Waals surface area contributed by atoms with Crippen LogP contribution in [0.1, 0.15) is 106 Å². The standard InChI is InChI=1S/C28H51NO3/c1-7-10-11-12-14-24(9-3)28(31)29-19-17-26(18-20-29)25(13-8-2)16-15-23(6)27(30)21-32-22(4)5/h10-11,22-26H,7-9,12-21H2,1-6H3/b11-10+. The van der Waals surface area contributed by atoms with E-state index in [1.165, 1.54) is 12.8 Å². The maximum Gasteiger partial charge on any atom is 0.225 e. The van der Waals surface area contributed by atoms with Crippen LogP contribution in [0.4, 0.5) is 0 Å². The highest BCUT2D eigenvalue weighted by Crippen LogP contribution is 2.33. The Balaban J connectivity index is 2.51. The number of Topliss-reactive ketones (excluding diaryl/α,β-unsaturated/α-hetero) is 1. The smallest absolute Gasteiger partial charge is 0.225 e. The number of ketones is 1. The van der Waals surface area contributed by atoms with Crippen LogP contribution in [0.2, 0.25) is 0 Å². The first-order valence-corrected chi connectivity index (χ1v) is 13.4. The van der Waals surface area contributed by atoms with Crippen molar-refractivity contribution in [1.29, 1.82) is 0 Å². The fraction of sp³-hybridized carbons (Fsp3) is 0.857. The molecule has 1 aliphatic heterocycles. The van der Waals surface area contributed by atoms with Gasteiger partial charge in [-0.25, -0.2) is 0 Å². The van der Waals surface area contributed by atoms with E-state index in [1.54, 1.807) is 0 Å². The lowest BCUT2D eigenvalue weighted by atomic mass is 9.77. The molecule has 0 aromatic rings. The molecule has 0 aromatic heterocycles. The number of piperidine rings is 1. The molecule has 1 amide bonds. The van der Waals surface area contributed by atoms with Gasteiger partial charge in [-0.05, 0) is 77.0 Å². The van der Waals surface area contributed by atoms with Crippen LogP contribution in [0.15, 0.2) is 12.2 Å². The van der Waals surface area contributed by atoms with Crippen molar-refractivity contribution in [3.05, 3.63) is 12.2 Å². The zero-order valence-corrected chi connectivity index (χ0v) is 21.9. The van der Waals surface area contributed by atoms with Gasteiger partial charge in [0.1, 0.15) is 6.61 Å². The highest BCUT2D eigenvalue weighted by atomic mass is 16.5. The Hall–Kier alpha value is -1.16. The van der Waals surface area contributed by atoms with Gasteiger partial charge in [0, 0.05) is 24.9 Å². The molecule has 0 N–H and O–H groups in total. The van der Waals surface area contributed by atoms with Gasteiger partial charge in [0.2, 0.25) is 5.91 Å². The summed E-state index contributed by atoms with van der Waals surface area (Å²) in [5, 5.41) is 0. The van der Waals surface area contributed by atoms with Gasteiger partial charge in [0.05, 0.1) is 6.10 Å². The Bertz CT molecular complexity index is 549. The minimum absolute atomic E-state index is 0.0712. The highest BCUT2D eigenvalue weighted by Gasteiger charge is 2.30. The normalized spacial score (nSPS) is 18.3. The lowest BCUT2D eigenvalue weighted by Crippen LogP contribution is -2.43. The number of amides is 1. The molecule has 0 bridgehead atoms. The van der Waals surface area contributed by atoms with Gasteiger partial charge in [-0.3, -0.25) is 9.59 Å². The van der Waals surface area contributed by atoms with E-state index < -0.39 is 0 Å². The summed E-state index contributed by atoms with van der Waals surface area (Å²) in [7, 11) is 0. The Labute approximate surface area is 198 Å². The molecule has 4 nitrogen and oxygen atoms in total. The van der Waals surface area contributed by atoms with E-state index in [4.69, 9.17) is 4.74 Å². The van der Waals surface area contributed by atoms with Crippen LogP contribution in [0, 0.1) is 23.7 Å². The van der Waals surface area contributed by atoms with Crippen LogP contribution in [0.25, 0.3) is 0 Å². The van der Waals surface area contributed by atoms with Crippen LogP contribution in [-0.2, 0) is 14.3 Å². The molecule has 1 saturated heterocycles. The molecule has 3 atom stereocenters. The average Bonchev–Trinajstić information content (AvgIpc) is 2.79. The van der Waals surface area contributed by atoms with Gasteiger partial charge >= 0.3 is 0 Å². The van der Waals surface area contributed by atoms with E-state index >= 15 is 0 Å². The minimum Gasteiger partial charge on any atom is -0.371 e. The molecule has 0 saturated carbocycles. The minimum atomic E-state index is 0.0712. The Morgan fingerprint density at radius 1 is 0.969 bits per heavy atom. The third-order valence-corrected chi connectivity index (χ3v) is 7.18. The van der Waals surface area contributed by atoms with E-state index in [9.17, 15) is 9.59 Å². The molecule has 1 fully saturated rings. The molecule has 0 radical (unpaired) electrons.